The van der Waals surface area contributed by atoms with Gasteiger partial charge in [0.25, 0.3) is 0 Å². The average molecular weight is 559 g/mol. The summed E-state index contributed by atoms with van der Waals surface area (Å²) in [6, 6.07) is 22.1. The van der Waals surface area contributed by atoms with Crippen molar-refractivity contribution in [3.05, 3.63) is 105 Å². The third-order valence-corrected chi connectivity index (χ3v) is 9.40. The molecular formula is C38H38S2. The molecule has 0 saturated carbocycles. The topological polar surface area (TPSA) is 0 Å². The zero-order valence-electron chi connectivity index (χ0n) is 23.8. The number of hydrogen-bond acceptors (Lipinski definition) is 2. The summed E-state index contributed by atoms with van der Waals surface area (Å²) in [4.78, 5) is 0. The molecule has 2 heteroatoms. The molecule has 0 N–H and O–H groups in total. The summed E-state index contributed by atoms with van der Waals surface area (Å²) >= 11 is 3.53. The maximum absolute atomic E-state index is 3.55. The third-order valence-electron chi connectivity index (χ3n) is 7.53. The second-order valence-corrected chi connectivity index (χ2v) is 12.4. The molecule has 0 bridgehead atoms. The molecule has 3 aromatic carbocycles. The molecule has 0 saturated heterocycles. The first kappa shape index (κ1) is 28.2. The summed E-state index contributed by atoms with van der Waals surface area (Å²) in [5, 5.41) is 6.77. The van der Waals surface area contributed by atoms with Crippen molar-refractivity contribution < 1.29 is 0 Å². The Morgan fingerprint density at radius 3 is 1.30 bits per heavy atom. The molecule has 2 aromatic heterocycles. The van der Waals surface area contributed by atoms with Crippen molar-refractivity contribution in [2.45, 2.75) is 78.1 Å². The standard InChI is InChI=1S/C38H38S2/c1-3-5-7-9-11-29-13-17-31(18-14-29)21-23-33-35-25-27-40-38(35)34(36-26-28-39-37(33)36)24-22-32-19-15-30(16-20-32)12-10-8-6-4-2/h13-20,25-28H,3-12H2,1-2H3. The Hall–Kier alpha value is -3.30. The highest BCUT2D eigenvalue weighted by Crippen LogP contribution is 2.38. The molecule has 0 fully saturated rings. The van der Waals surface area contributed by atoms with Crippen LogP contribution in [0.5, 0.6) is 0 Å². The van der Waals surface area contributed by atoms with Gasteiger partial charge in [0.15, 0.2) is 0 Å². The molecule has 40 heavy (non-hydrogen) atoms. The lowest BCUT2D eigenvalue weighted by atomic mass is 10.0. The average Bonchev–Trinajstić information content (AvgIpc) is 3.67. The van der Waals surface area contributed by atoms with Crippen LogP contribution in [0.25, 0.3) is 20.2 Å². The Bertz CT molecular complexity index is 1480. The maximum Gasteiger partial charge on any atom is 0.0519 e. The second-order valence-electron chi connectivity index (χ2n) is 10.6. The maximum atomic E-state index is 3.55. The molecule has 5 aromatic rings. The Balaban J connectivity index is 1.38. The van der Waals surface area contributed by atoms with Gasteiger partial charge in [-0.05, 0) is 84.0 Å². The number of hydrogen-bond donors (Lipinski definition) is 0. The molecular weight excluding hydrogens is 521 g/mol. The summed E-state index contributed by atoms with van der Waals surface area (Å²) in [7, 11) is 0. The fraction of sp³-hybridized carbons (Fsp3) is 0.316. The first-order valence-corrected chi connectivity index (χ1v) is 16.6. The Morgan fingerprint density at radius 2 is 0.900 bits per heavy atom. The number of aryl methyl sites for hydroxylation is 2. The van der Waals surface area contributed by atoms with E-state index in [-0.39, 0.29) is 0 Å². The first-order valence-electron chi connectivity index (χ1n) is 14.9. The number of benzene rings is 3. The van der Waals surface area contributed by atoms with Gasteiger partial charge in [-0.1, -0.05) is 100 Å². The highest BCUT2D eigenvalue weighted by molar-refractivity contribution is 7.19. The van der Waals surface area contributed by atoms with E-state index in [0.29, 0.717) is 0 Å². The van der Waals surface area contributed by atoms with Gasteiger partial charge >= 0.3 is 0 Å². The number of unbranched alkanes of at least 4 members (excludes halogenated alkanes) is 6. The largest absolute Gasteiger partial charge is 0.142 e. The molecule has 5 rings (SSSR count). The Morgan fingerprint density at radius 1 is 0.475 bits per heavy atom. The molecule has 0 atom stereocenters. The Labute approximate surface area is 248 Å². The van der Waals surface area contributed by atoms with E-state index in [1.807, 2.05) is 0 Å². The van der Waals surface area contributed by atoms with Crippen LogP contribution in [0.2, 0.25) is 0 Å². The zero-order chi connectivity index (χ0) is 27.6. The van der Waals surface area contributed by atoms with Crippen LogP contribution in [-0.4, -0.2) is 0 Å². The van der Waals surface area contributed by atoms with Gasteiger partial charge in [0, 0.05) is 21.9 Å². The molecule has 2 heterocycles. The summed E-state index contributed by atoms with van der Waals surface area (Å²) < 4.78 is 2.47. The van der Waals surface area contributed by atoms with Crippen molar-refractivity contribution in [2.75, 3.05) is 0 Å². The van der Waals surface area contributed by atoms with E-state index in [0.717, 1.165) is 35.1 Å². The molecule has 0 spiro atoms. The Kier molecular flexibility index (Phi) is 10.1. The highest BCUT2D eigenvalue weighted by atomic mass is 32.1. The van der Waals surface area contributed by atoms with Crippen molar-refractivity contribution >= 4 is 42.8 Å². The molecule has 0 amide bonds. The number of fused-ring (bicyclic) bond motifs is 2. The van der Waals surface area contributed by atoms with Gasteiger partial charge in [-0.2, -0.15) is 0 Å². The molecule has 0 unspecified atom stereocenters. The smallest absolute Gasteiger partial charge is 0.0519 e. The predicted molar refractivity (Wildman–Crippen MR) is 178 cm³/mol. The van der Waals surface area contributed by atoms with Gasteiger partial charge in [-0.15, -0.1) is 22.7 Å². The van der Waals surface area contributed by atoms with E-state index in [9.17, 15) is 0 Å². The van der Waals surface area contributed by atoms with Crippen LogP contribution in [0.15, 0.2) is 71.4 Å². The summed E-state index contributed by atoms with van der Waals surface area (Å²) in [5.41, 5.74) is 7.22. The van der Waals surface area contributed by atoms with Crippen LogP contribution < -0.4 is 0 Å². The fourth-order valence-corrected chi connectivity index (χ4v) is 7.02. The predicted octanol–water partition coefficient (Wildman–Crippen LogP) is 11.2. The van der Waals surface area contributed by atoms with Crippen LogP contribution in [0.1, 0.15) is 98.6 Å². The molecule has 0 aliphatic rings. The number of rotatable bonds is 10. The van der Waals surface area contributed by atoms with Gasteiger partial charge in [-0.3, -0.25) is 0 Å². The molecule has 0 radical (unpaired) electrons. The van der Waals surface area contributed by atoms with E-state index in [1.54, 1.807) is 22.7 Å². The van der Waals surface area contributed by atoms with Gasteiger partial charge in [-0.25, -0.2) is 0 Å². The van der Waals surface area contributed by atoms with Crippen molar-refractivity contribution in [3.8, 4) is 23.7 Å². The van der Waals surface area contributed by atoms with Gasteiger partial charge in [0.2, 0.25) is 0 Å². The van der Waals surface area contributed by atoms with Crippen LogP contribution in [0, 0.1) is 23.7 Å². The van der Waals surface area contributed by atoms with Gasteiger partial charge in [0.1, 0.15) is 0 Å². The van der Waals surface area contributed by atoms with Gasteiger partial charge in [0.05, 0.1) is 20.5 Å². The summed E-state index contributed by atoms with van der Waals surface area (Å²) in [5.74, 6) is 14.0. The third kappa shape index (κ3) is 7.06. The quantitative estimate of drug-likeness (QED) is 0.118. The van der Waals surface area contributed by atoms with Crippen molar-refractivity contribution in [3.63, 3.8) is 0 Å². The lowest BCUT2D eigenvalue weighted by Crippen LogP contribution is -1.87. The first-order chi connectivity index (χ1) is 19.8. The summed E-state index contributed by atoms with van der Waals surface area (Å²) in [6.45, 7) is 4.52. The van der Waals surface area contributed by atoms with E-state index >= 15 is 0 Å². The van der Waals surface area contributed by atoms with Crippen molar-refractivity contribution in [1.29, 1.82) is 0 Å². The normalized spacial score (nSPS) is 10.8. The summed E-state index contributed by atoms with van der Waals surface area (Å²) in [6.07, 6.45) is 12.7. The highest BCUT2D eigenvalue weighted by Gasteiger charge is 2.14. The molecule has 0 nitrogen and oxygen atoms in total. The van der Waals surface area contributed by atoms with E-state index < -0.39 is 0 Å². The monoisotopic (exact) mass is 558 g/mol. The van der Waals surface area contributed by atoms with Crippen molar-refractivity contribution in [1.82, 2.24) is 0 Å². The van der Waals surface area contributed by atoms with Crippen LogP contribution in [0.3, 0.4) is 0 Å². The molecule has 202 valence electrons. The van der Waals surface area contributed by atoms with E-state index in [1.165, 1.54) is 82.7 Å². The lowest BCUT2D eigenvalue weighted by Gasteiger charge is -2.04. The lowest BCUT2D eigenvalue weighted by molar-refractivity contribution is 0.667. The molecule has 0 aliphatic carbocycles. The van der Waals surface area contributed by atoms with Gasteiger partial charge < -0.3 is 0 Å². The van der Waals surface area contributed by atoms with Crippen LogP contribution in [-0.2, 0) is 12.8 Å². The van der Waals surface area contributed by atoms with E-state index in [2.05, 4.69) is 109 Å². The number of thiophene rings is 2. The second kappa shape index (κ2) is 14.4. The minimum Gasteiger partial charge on any atom is -0.142 e. The van der Waals surface area contributed by atoms with E-state index in [4.69, 9.17) is 0 Å². The SMILES string of the molecule is CCCCCCc1ccc(C#Cc2c3ccsc3c(C#Cc3ccc(CCCCCC)cc3)c3ccsc23)cc1. The zero-order valence-corrected chi connectivity index (χ0v) is 25.4. The van der Waals surface area contributed by atoms with Crippen LogP contribution >= 0.6 is 22.7 Å². The molecule has 0 aliphatic heterocycles. The van der Waals surface area contributed by atoms with Crippen molar-refractivity contribution in [2.24, 2.45) is 0 Å². The minimum atomic E-state index is 1.07. The minimum absolute atomic E-state index is 1.07. The van der Waals surface area contributed by atoms with Crippen LogP contribution in [0.4, 0.5) is 0 Å². The fourth-order valence-electron chi connectivity index (χ4n) is 5.18.